The Morgan fingerprint density at radius 2 is 2.08 bits per heavy atom. The summed E-state index contributed by atoms with van der Waals surface area (Å²) in [4.78, 5) is 20.0. The molecular formula is C17H12Cl2N4O3. The molecule has 3 aromatic rings. The number of hydrogen-bond acceptors (Lipinski definition) is 5. The van der Waals surface area contributed by atoms with Crippen molar-refractivity contribution < 1.29 is 14.6 Å². The second-order valence-electron chi connectivity index (χ2n) is 5.31. The standard InChI is InChI=1S/C17H12Cl2N4O3/c1-4-26-17(25)13-14(20-3)12(23-16(13)21-8(2)22-23)7-9-5-10(18)15(24)11(19)6-9/h5-7,24H,4H2,1-2H3. The Balaban J connectivity index is 2.36. The first-order chi connectivity index (χ1) is 12.4. The number of nitrogens with zero attached hydrogens (tertiary/aromatic N) is 4. The van der Waals surface area contributed by atoms with Gasteiger partial charge < -0.3 is 9.84 Å². The van der Waals surface area contributed by atoms with Crippen molar-refractivity contribution in [3.63, 3.8) is 0 Å². The highest BCUT2D eigenvalue weighted by Gasteiger charge is 2.25. The van der Waals surface area contributed by atoms with Gasteiger partial charge >= 0.3 is 5.97 Å². The maximum absolute atomic E-state index is 12.3. The van der Waals surface area contributed by atoms with E-state index in [0.29, 0.717) is 16.7 Å². The molecule has 0 aliphatic carbocycles. The highest BCUT2D eigenvalue weighted by Crippen LogP contribution is 2.33. The molecule has 0 aliphatic heterocycles. The normalized spacial score (nSPS) is 11.7. The molecule has 2 heterocycles. The van der Waals surface area contributed by atoms with Crippen molar-refractivity contribution in [2.24, 2.45) is 0 Å². The van der Waals surface area contributed by atoms with Crippen LogP contribution in [0, 0.1) is 13.5 Å². The van der Waals surface area contributed by atoms with Crippen LogP contribution in [-0.4, -0.2) is 32.3 Å². The minimum absolute atomic E-state index is 0.0599. The van der Waals surface area contributed by atoms with E-state index in [9.17, 15) is 9.90 Å². The van der Waals surface area contributed by atoms with Crippen molar-refractivity contribution in [1.82, 2.24) is 14.6 Å². The number of hydrogen-bond donors (Lipinski definition) is 1. The maximum Gasteiger partial charge on any atom is 0.331 e. The van der Waals surface area contributed by atoms with E-state index in [4.69, 9.17) is 34.5 Å². The summed E-state index contributed by atoms with van der Waals surface area (Å²) in [6.07, 6.45) is 1.59. The minimum Gasteiger partial charge on any atom is -0.505 e. The van der Waals surface area contributed by atoms with Crippen molar-refractivity contribution in [2.75, 3.05) is 6.61 Å². The van der Waals surface area contributed by atoms with Crippen molar-refractivity contribution in [3.05, 3.63) is 55.9 Å². The quantitative estimate of drug-likeness (QED) is 0.547. The number of esters is 1. The number of ether oxygens (including phenoxy) is 1. The van der Waals surface area contributed by atoms with Crippen molar-refractivity contribution in [2.45, 2.75) is 13.8 Å². The first kappa shape index (κ1) is 18.0. The van der Waals surface area contributed by atoms with E-state index in [-0.39, 0.29) is 39.3 Å². The van der Waals surface area contributed by atoms with Gasteiger partial charge in [-0.3, -0.25) is 0 Å². The van der Waals surface area contributed by atoms with Crippen molar-refractivity contribution in [3.8, 4) is 5.75 Å². The van der Waals surface area contributed by atoms with Crippen LogP contribution in [0.3, 0.4) is 0 Å². The van der Waals surface area contributed by atoms with E-state index in [2.05, 4.69) is 14.9 Å². The van der Waals surface area contributed by atoms with E-state index < -0.39 is 5.97 Å². The number of phenolic OH excluding ortho intramolecular Hbond substituents is 1. The van der Waals surface area contributed by atoms with E-state index in [0.717, 1.165) is 0 Å². The molecule has 0 saturated carbocycles. The van der Waals surface area contributed by atoms with Gasteiger partial charge in [-0.1, -0.05) is 23.2 Å². The van der Waals surface area contributed by atoms with Gasteiger partial charge in [0.05, 0.1) is 28.6 Å². The van der Waals surface area contributed by atoms with Crippen LogP contribution >= 0.6 is 23.2 Å². The summed E-state index contributed by atoms with van der Waals surface area (Å²) in [6, 6.07) is 2.98. The Kier molecular flexibility index (Phi) is 4.72. The number of carbonyl (C=O) groups excluding carboxylic acids is 1. The van der Waals surface area contributed by atoms with Crippen LogP contribution in [0.15, 0.2) is 12.1 Å². The highest BCUT2D eigenvalue weighted by atomic mass is 35.5. The molecule has 0 spiro atoms. The molecule has 132 valence electrons. The number of fused-ring (bicyclic) bond motifs is 1. The topological polar surface area (TPSA) is 81.1 Å². The zero-order chi connectivity index (χ0) is 19.0. The third-order valence-electron chi connectivity index (χ3n) is 3.58. The van der Waals surface area contributed by atoms with Gasteiger partial charge in [-0.15, -0.1) is 0 Å². The van der Waals surface area contributed by atoms with Crippen LogP contribution in [0.4, 0.5) is 5.69 Å². The lowest BCUT2D eigenvalue weighted by Gasteiger charge is -2.01. The third-order valence-corrected chi connectivity index (χ3v) is 4.15. The second-order valence-corrected chi connectivity index (χ2v) is 6.13. The summed E-state index contributed by atoms with van der Waals surface area (Å²) in [6.45, 7) is 11.0. The number of aromatic nitrogens is 3. The predicted molar refractivity (Wildman–Crippen MR) is 96.9 cm³/mol. The average molecular weight is 391 g/mol. The molecule has 0 saturated heterocycles. The molecule has 0 amide bonds. The van der Waals surface area contributed by atoms with Gasteiger partial charge in [0.2, 0.25) is 5.69 Å². The number of benzene rings is 1. The Morgan fingerprint density at radius 3 is 2.65 bits per heavy atom. The number of halogens is 2. The highest BCUT2D eigenvalue weighted by molar-refractivity contribution is 6.37. The van der Waals surface area contributed by atoms with Gasteiger partial charge in [0.25, 0.3) is 0 Å². The Morgan fingerprint density at radius 1 is 1.42 bits per heavy atom. The molecule has 3 rings (SSSR count). The minimum atomic E-state index is -0.641. The molecule has 1 aromatic carbocycles. The average Bonchev–Trinajstić information content (AvgIpc) is 3.08. The molecule has 0 fully saturated rings. The number of rotatable bonds is 3. The van der Waals surface area contributed by atoms with Gasteiger partial charge in [-0.2, -0.15) is 5.10 Å². The summed E-state index contributed by atoms with van der Waals surface area (Å²) in [5.41, 5.74) is 0.899. The first-order valence-electron chi connectivity index (χ1n) is 7.50. The summed E-state index contributed by atoms with van der Waals surface area (Å²) in [5, 5.41) is 14.4. The largest absolute Gasteiger partial charge is 0.505 e. The molecular weight excluding hydrogens is 379 g/mol. The fraction of sp³-hybridized carbons (Fsp3) is 0.176. The Labute approximate surface area is 158 Å². The molecule has 1 N–H and O–H groups in total. The molecule has 0 unspecified atom stereocenters. The molecule has 0 aliphatic rings. The maximum atomic E-state index is 12.3. The van der Waals surface area contributed by atoms with Crippen molar-refractivity contribution in [1.29, 1.82) is 0 Å². The van der Waals surface area contributed by atoms with Crippen LogP contribution in [0.2, 0.25) is 10.0 Å². The third kappa shape index (κ3) is 2.94. The van der Waals surface area contributed by atoms with Gasteiger partial charge in [0.15, 0.2) is 11.4 Å². The molecule has 0 radical (unpaired) electrons. The number of phenols is 1. The van der Waals surface area contributed by atoms with E-state index >= 15 is 0 Å². The van der Waals surface area contributed by atoms with Gasteiger partial charge in [-0.25, -0.2) is 19.1 Å². The summed E-state index contributed by atoms with van der Waals surface area (Å²) in [7, 11) is 0. The van der Waals surface area contributed by atoms with E-state index in [1.807, 2.05) is 0 Å². The van der Waals surface area contributed by atoms with Crippen molar-refractivity contribution >= 4 is 46.6 Å². The zero-order valence-electron chi connectivity index (χ0n) is 13.7. The lowest BCUT2D eigenvalue weighted by molar-refractivity contribution is 0.0530. The van der Waals surface area contributed by atoms with Crippen LogP contribution in [0.1, 0.15) is 28.7 Å². The van der Waals surface area contributed by atoms with Crippen LogP contribution in [0.5, 0.6) is 5.75 Å². The van der Waals surface area contributed by atoms with Crippen LogP contribution < -0.4 is 5.35 Å². The monoisotopic (exact) mass is 390 g/mol. The van der Waals surface area contributed by atoms with Crippen LogP contribution in [-0.2, 0) is 4.74 Å². The first-order valence-corrected chi connectivity index (χ1v) is 8.26. The molecule has 0 bridgehead atoms. The fourth-order valence-corrected chi connectivity index (χ4v) is 3.04. The second kappa shape index (κ2) is 6.83. The summed E-state index contributed by atoms with van der Waals surface area (Å²) < 4.78 is 6.46. The lowest BCUT2D eigenvalue weighted by Crippen LogP contribution is -2.10. The number of aromatic hydroxyl groups is 1. The smallest absolute Gasteiger partial charge is 0.331 e. The molecule has 0 atom stereocenters. The van der Waals surface area contributed by atoms with Crippen LogP contribution in [0.25, 0.3) is 16.6 Å². The molecule has 26 heavy (non-hydrogen) atoms. The van der Waals surface area contributed by atoms with Gasteiger partial charge in [0, 0.05) is 0 Å². The number of aryl methyl sites for hydroxylation is 1. The molecule has 2 aromatic heterocycles. The van der Waals surface area contributed by atoms with Gasteiger partial charge in [-0.05, 0) is 37.6 Å². The predicted octanol–water partition coefficient (Wildman–Crippen LogP) is 3.33. The van der Waals surface area contributed by atoms with E-state index in [1.54, 1.807) is 19.9 Å². The molecule has 7 nitrogen and oxygen atoms in total. The Bertz CT molecular complexity index is 1110. The SMILES string of the molecule is [C-]#[N+]c1c(C(=O)OCC)c2nc(C)nn2c1=Cc1cc(Cl)c(O)c(Cl)c1. The molecule has 9 heteroatoms. The summed E-state index contributed by atoms with van der Waals surface area (Å²) >= 11 is 11.9. The number of carbonyl (C=O) groups is 1. The Hall–Kier alpha value is -2.82. The van der Waals surface area contributed by atoms with Gasteiger partial charge in [0.1, 0.15) is 11.4 Å². The fourth-order valence-electron chi connectivity index (χ4n) is 2.54. The zero-order valence-corrected chi connectivity index (χ0v) is 15.3. The summed E-state index contributed by atoms with van der Waals surface area (Å²) in [5.74, 6) is -0.428. The van der Waals surface area contributed by atoms with E-state index in [1.165, 1.54) is 16.6 Å². The lowest BCUT2D eigenvalue weighted by atomic mass is 10.2.